The summed E-state index contributed by atoms with van der Waals surface area (Å²) >= 11 is 6.27. The minimum atomic E-state index is -2.90. The molecule has 0 radical (unpaired) electrons. The fourth-order valence-electron chi connectivity index (χ4n) is 2.80. The van der Waals surface area contributed by atoms with Gasteiger partial charge >= 0.3 is 0 Å². The fraction of sp³-hybridized carbons (Fsp3) is 0.105. The van der Waals surface area contributed by atoms with E-state index >= 15 is 0 Å². The Morgan fingerprint density at radius 3 is 2.68 bits per heavy atom. The highest BCUT2D eigenvalue weighted by atomic mass is 35.5. The van der Waals surface area contributed by atoms with Crippen molar-refractivity contribution in [2.45, 2.75) is 12.8 Å². The number of anilines is 2. The van der Waals surface area contributed by atoms with Crippen LogP contribution in [0.4, 0.5) is 20.3 Å². The van der Waals surface area contributed by atoms with Gasteiger partial charge in [-0.05, 0) is 36.4 Å². The molecule has 2 aromatic heterocycles. The molecule has 2 heterocycles. The lowest BCUT2D eigenvalue weighted by Crippen LogP contribution is -2.06. The van der Waals surface area contributed by atoms with Gasteiger partial charge in [-0.3, -0.25) is 0 Å². The highest BCUT2D eigenvalue weighted by Gasteiger charge is 2.24. The average molecular weight is 358 g/mol. The van der Waals surface area contributed by atoms with E-state index in [2.05, 4.69) is 15.3 Å². The van der Waals surface area contributed by atoms with Gasteiger partial charge < -0.3 is 10.3 Å². The monoisotopic (exact) mass is 357 g/mol. The number of rotatable bonds is 3. The van der Waals surface area contributed by atoms with Crippen LogP contribution in [0.25, 0.3) is 21.8 Å². The number of benzene rings is 2. The van der Waals surface area contributed by atoms with Gasteiger partial charge in [-0.2, -0.15) is 0 Å². The van der Waals surface area contributed by atoms with Gasteiger partial charge in [0.2, 0.25) is 0 Å². The zero-order chi connectivity index (χ0) is 17.6. The smallest absolute Gasteiger partial charge is 0.270 e. The van der Waals surface area contributed by atoms with Crippen molar-refractivity contribution in [3.8, 4) is 0 Å². The maximum absolute atomic E-state index is 13.5. The molecular formula is C19H14ClF2N3. The Balaban J connectivity index is 1.72. The third-order valence-corrected chi connectivity index (χ3v) is 4.40. The van der Waals surface area contributed by atoms with Crippen LogP contribution in [-0.4, -0.2) is 9.97 Å². The molecule has 0 aliphatic rings. The first-order chi connectivity index (χ1) is 11.9. The van der Waals surface area contributed by atoms with Crippen molar-refractivity contribution in [3.63, 3.8) is 0 Å². The van der Waals surface area contributed by atoms with Crippen molar-refractivity contribution in [2.24, 2.45) is 0 Å². The van der Waals surface area contributed by atoms with Crippen molar-refractivity contribution in [1.82, 2.24) is 9.97 Å². The lowest BCUT2D eigenvalue weighted by molar-refractivity contribution is 0.0176. The van der Waals surface area contributed by atoms with Crippen LogP contribution >= 0.6 is 11.6 Å². The maximum Gasteiger partial charge on any atom is 0.270 e. The Morgan fingerprint density at radius 2 is 1.88 bits per heavy atom. The predicted octanol–water partition coefficient (Wildman–Crippen LogP) is 6.22. The summed E-state index contributed by atoms with van der Waals surface area (Å²) < 4.78 is 27.1. The molecule has 2 aromatic carbocycles. The van der Waals surface area contributed by atoms with Gasteiger partial charge in [-0.25, -0.2) is 13.8 Å². The highest BCUT2D eigenvalue weighted by molar-refractivity contribution is 6.35. The van der Waals surface area contributed by atoms with E-state index in [-0.39, 0.29) is 5.56 Å². The molecule has 6 heteroatoms. The maximum atomic E-state index is 13.5. The lowest BCUT2D eigenvalue weighted by atomic mass is 10.1. The topological polar surface area (TPSA) is 40.7 Å². The summed E-state index contributed by atoms with van der Waals surface area (Å²) in [7, 11) is 0. The molecule has 0 amide bonds. The summed E-state index contributed by atoms with van der Waals surface area (Å²) in [5.74, 6) is -2.34. The Morgan fingerprint density at radius 1 is 1.08 bits per heavy atom. The molecule has 0 fully saturated rings. The molecule has 126 valence electrons. The summed E-state index contributed by atoms with van der Waals surface area (Å²) in [6, 6.07) is 13.8. The zero-order valence-electron chi connectivity index (χ0n) is 13.3. The molecule has 3 nitrogen and oxygen atoms in total. The molecule has 2 N–H and O–H groups in total. The Hall–Kier alpha value is -2.66. The first-order valence-corrected chi connectivity index (χ1v) is 8.11. The first kappa shape index (κ1) is 15.8. The standard InChI is InChI=1S/C19H14ClF2N3/c1-19(21,22)12-4-2-11-3-5-18(25-16(11)8-12)24-13-9-15(20)14-6-7-23-17(14)10-13/h2-10,23H,1H3,(H,24,25). The van der Waals surface area contributed by atoms with Crippen molar-refractivity contribution >= 4 is 44.9 Å². The Bertz CT molecular complexity index is 1080. The van der Waals surface area contributed by atoms with E-state index in [1.54, 1.807) is 18.2 Å². The molecule has 0 bridgehead atoms. The second-order valence-electron chi connectivity index (χ2n) is 6.01. The quantitative estimate of drug-likeness (QED) is 0.456. The molecule has 0 saturated heterocycles. The molecule has 0 spiro atoms. The second kappa shape index (κ2) is 5.70. The number of aromatic amines is 1. The number of hydrogen-bond donors (Lipinski definition) is 2. The predicted molar refractivity (Wildman–Crippen MR) is 97.9 cm³/mol. The summed E-state index contributed by atoms with van der Waals surface area (Å²) in [6.45, 7) is 0.879. The van der Waals surface area contributed by atoms with Crippen molar-refractivity contribution < 1.29 is 8.78 Å². The summed E-state index contributed by atoms with van der Waals surface area (Å²) in [4.78, 5) is 7.56. The Kier molecular flexibility index (Phi) is 3.62. The van der Waals surface area contributed by atoms with Gasteiger partial charge in [-0.1, -0.05) is 23.7 Å². The van der Waals surface area contributed by atoms with E-state index < -0.39 is 5.92 Å². The summed E-state index contributed by atoms with van der Waals surface area (Å²) in [6.07, 6.45) is 1.82. The molecule has 0 unspecified atom stereocenters. The van der Waals surface area contributed by atoms with Crippen LogP contribution in [0.2, 0.25) is 5.02 Å². The van der Waals surface area contributed by atoms with E-state index in [1.165, 1.54) is 12.1 Å². The largest absolute Gasteiger partial charge is 0.361 e. The second-order valence-corrected chi connectivity index (χ2v) is 6.42. The van der Waals surface area contributed by atoms with Crippen LogP contribution in [0.15, 0.2) is 54.7 Å². The third kappa shape index (κ3) is 3.03. The van der Waals surface area contributed by atoms with Crippen LogP contribution in [0, 0.1) is 0 Å². The normalized spacial score (nSPS) is 12.0. The van der Waals surface area contributed by atoms with Gasteiger partial charge in [0, 0.05) is 40.7 Å². The van der Waals surface area contributed by atoms with E-state index in [1.807, 2.05) is 24.4 Å². The molecular weight excluding hydrogens is 344 g/mol. The van der Waals surface area contributed by atoms with E-state index in [0.29, 0.717) is 16.4 Å². The average Bonchev–Trinajstić information content (AvgIpc) is 3.02. The number of H-pyrrole nitrogens is 1. The summed E-state index contributed by atoms with van der Waals surface area (Å²) in [5.41, 5.74) is 2.13. The molecule has 4 rings (SSSR count). The molecule has 0 saturated carbocycles. The number of aromatic nitrogens is 2. The number of alkyl halides is 2. The van der Waals surface area contributed by atoms with Gasteiger partial charge in [0.25, 0.3) is 5.92 Å². The van der Waals surface area contributed by atoms with Crippen LogP contribution in [0.3, 0.4) is 0 Å². The SMILES string of the molecule is CC(F)(F)c1ccc2ccc(Nc3cc(Cl)c4cc[nH]c4c3)nc2c1. The minimum Gasteiger partial charge on any atom is -0.361 e. The van der Waals surface area contributed by atoms with E-state index in [4.69, 9.17) is 11.6 Å². The fourth-order valence-corrected chi connectivity index (χ4v) is 3.08. The van der Waals surface area contributed by atoms with Gasteiger partial charge in [0.05, 0.1) is 10.5 Å². The first-order valence-electron chi connectivity index (χ1n) is 7.73. The van der Waals surface area contributed by atoms with E-state index in [0.717, 1.165) is 28.9 Å². The molecule has 25 heavy (non-hydrogen) atoms. The molecule has 4 aromatic rings. The molecule has 0 atom stereocenters. The van der Waals surface area contributed by atoms with Gasteiger partial charge in [-0.15, -0.1) is 0 Å². The number of halogens is 3. The zero-order valence-corrected chi connectivity index (χ0v) is 14.0. The highest BCUT2D eigenvalue weighted by Crippen LogP contribution is 2.31. The van der Waals surface area contributed by atoms with E-state index in [9.17, 15) is 8.78 Å². The van der Waals surface area contributed by atoms with Crippen LogP contribution in [-0.2, 0) is 5.92 Å². The van der Waals surface area contributed by atoms with Crippen LogP contribution in [0.1, 0.15) is 12.5 Å². The molecule has 0 aliphatic heterocycles. The number of hydrogen-bond acceptors (Lipinski definition) is 2. The van der Waals surface area contributed by atoms with Gasteiger partial charge in [0.15, 0.2) is 0 Å². The van der Waals surface area contributed by atoms with Crippen LogP contribution < -0.4 is 5.32 Å². The number of fused-ring (bicyclic) bond motifs is 2. The van der Waals surface area contributed by atoms with Crippen molar-refractivity contribution in [3.05, 3.63) is 65.3 Å². The van der Waals surface area contributed by atoms with Crippen LogP contribution in [0.5, 0.6) is 0 Å². The minimum absolute atomic E-state index is 0.0551. The summed E-state index contributed by atoms with van der Waals surface area (Å²) in [5, 5.41) is 5.53. The van der Waals surface area contributed by atoms with Crippen molar-refractivity contribution in [1.29, 1.82) is 0 Å². The third-order valence-electron chi connectivity index (χ3n) is 4.09. The van der Waals surface area contributed by atoms with Crippen molar-refractivity contribution in [2.75, 3.05) is 5.32 Å². The number of pyridine rings is 1. The number of nitrogens with zero attached hydrogens (tertiary/aromatic N) is 1. The number of nitrogens with one attached hydrogen (secondary N) is 2. The lowest BCUT2D eigenvalue weighted by Gasteiger charge is -2.12. The van der Waals surface area contributed by atoms with Gasteiger partial charge in [0.1, 0.15) is 5.82 Å². The molecule has 0 aliphatic carbocycles. The Labute approximate surface area is 147 Å².